The van der Waals surface area contributed by atoms with Crippen molar-refractivity contribution in [2.75, 3.05) is 26.0 Å². The molecule has 0 atom stereocenters. The van der Waals surface area contributed by atoms with E-state index < -0.39 is 0 Å². The molecule has 0 radical (unpaired) electrons. The Labute approximate surface area is 98.0 Å². The maximum atomic E-state index is 5.65. The number of alkyl halides is 1. The number of hydrogen-bond donors (Lipinski definition) is 0. The first-order valence-corrected chi connectivity index (χ1v) is 6.15. The van der Waals surface area contributed by atoms with Gasteiger partial charge in [-0.05, 0) is 45.0 Å². The lowest BCUT2D eigenvalue weighted by molar-refractivity contribution is 0.331. The van der Waals surface area contributed by atoms with E-state index in [-0.39, 0.29) is 0 Å². The molecule has 1 aromatic carbocycles. The van der Waals surface area contributed by atoms with Crippen molar-refractivity contribution >= 4 is 11.6 Å². The first kappa shape index (κ1) is 12.5. The third-order valence-corrected chi connectivity index (χ3v) is 2.79. The van der Waals surface area contributed by atoms with Crippen LogP contribution in [0.4, 0.5) is 0 Å². The number of nitrogens with zero attached hydrogens (tertiary/aromatic N) is 1. The van der Waals surface area contributed by atoms with Gasteiger partial charge in [0.15, 0.2) is 0 Å². The Bertz CT molecular complexity index is 248. The van der Waals surface area contributed by atoms with Crippen LogP contribution in [0.1, 0.15) is 18.4 Å². The number of rotatable bonds is 7. The molecular weight excluding hydrogens is 206 g/mol. The molecule has 0 N–H and O–H groups in total. The highest BCUT2D eigenvalue weighted by molar-refractivity contribution is 6.17. The molecule has 0 unspecified atom stereocenters. The smallest absolute Gasteiger partial charge is 0.0235 e. The second-order valence-corrected chi connectivity index (χ2v) is 4.31. The van der Waals surface area contributed by atoms with Crippen LogP contribution in [0, 0.1) is 0 Å². The fourth-order valence-corrected chi connectivity index (χ4v) is 1.76. The summed E-state index contributed by atoms with van der Waals surface area (Å²) in [6.45, 7) is 2.27. The normalized spacial score (nSPS) is 10.9. The van der Waals surface area contributed by atoms with Gasteiger partial charge in [-0.15, -0.1) is 11.6 Å². The van der Waals surface area contributed by atoms with Gasteiger partial charge in [0, 0.05) is 5.88 Å². The predicted molar refractivity (Wildman–Crippen MR) is 67.6 cm³/mol. The zero-order chi connectivity index (χ0) is 10.9. The topological polar surface area (TPSA) is 3.24 Å². The minimum atomic E-state index is 0.767. The third-order valence-electron chi connectivity index (χ3n) is 2.52. The van der Waals surface area contributed by atoms with Gasteiger partial charge in [0.05, 0.1) is 0 Å². The minimum absolute atomic E-state index is 0.767. The minimum Gasteiger partial charge on any atom is -0.306 e. The molecule has 0 aliphatic heterocycles. The molecular formula is C13H20ClN. The van der Waals surface area contributed by atoms with Gasteiger partial charge in [-0.1, -0.05) is 30.3 Å². The van der Waals surface area contributed by atoms with Crippen LogP contribution in [0.15, 0.2) is 30.3 Å². The molecule has 84 valence electrons. The molecule has 0 saturated heterocycles. The van der Waals surface area contributed by atoms with Crippen molar-refractivity contribution in [3.05, 3.63) is 35.9 Å². The standard InChI is InChI=1S/C13H20ClN/c1-15(12-6-10-14)11-5-9-13-7-3-2-4-8-13/h2-4,7-8H,5-6,9-12H2,1H3. The predicted octanol–water partition coefficient (Wildman–Crippen LogP) is 3.18. The van der Waals surface area contributed by atoms with Crippen molar-refractivity contribution < 1.29 is 0 Å². The highest BCUT2D eigenvalue weighted by atomic mass is 35.5. The lowest BCUT2D eigenvalue weighted by atomic mass is 10.1. The van der Waals surface area contributed by atoms with Gasteiger partial charge in [0.25, 0.3) is 0 Å². The number of benzene rings is 1. The maximum absolute atomic E-state index is 5.65. The molecule has 2 heteroatoms. The SMILES string of the molecule is CN(CCCCl)CCCc1ccccc1. The average molecular weight is 226 g/mol. The van der Waals surface area contributed by atoms with Crippen molar-refractivity contribution in [3.8, 4) is 0 Å². The van der Waals surface area contributed by atoms with E-state index in [1.807, 2.05) is 0 Å². The van der Waals surface area contributed by atoms with Crippen molar-refractivity contribution in [1.29, 1.82) is 0 Å². The van der Waals surface area contributed by atoms with Crippen molar-refractivity contribution in [2.45, 2.75) is 19.3 Å². The Morgan fingerprint density at radius 3 is 2.40 bits per heavy atom. The third kappa shape index (κ3) is 5.81. The molecule has 0 heterocycles. The van der Waals surface area contributed by atoms with E-state index in [1.54, 1.807) is 0 Å². The molecule has 0 fully saturated rings. The van der Waals surface area contributed by atoms with Crippen LogP contribution in [0.2, 0.25) is 0 Å². The van der Waals surface area contributed by atoms with Crippen molar-refractivity contribution in [1.82, 2.24) is 4.90 Å². The lowest BCUT2D eigenvalue weighted by Crippen LogP contribution is -2.21. The molecule has 0 amide bonds. The van der Waals surface area contributed by atoms with E-state index >= 15 is 0 Å². The van der Waals surface area contributed by atoms with E-state index in [0.717, 1.165) is 25.4 Å². The number of aryl methyl sites for hydroxylation is 1. The van der Waals surface area contributed by atoms with Gasteiger partial charge in [0.2, 0.25) is 0 Å². The molecule has 1 aromatic rings. The second-order valence-electron chi connectivity index (χ2n) is 3.93. The summed E-state index contributed by atoms with van der Waals surface area (Å²) in [5, 5.41) is 0. The van der Waals surface area contributed by atoms with E-state index in [1.165, 1.54) is 18.4 Å². The first-order chi connectivity index (χ1) is 7.33. The fraction of sp³-hybridized carbons (Fsp3) is 0.538. The fourth-order valence-electron chi connectivity index (χ4n) is 1.64. The summed E-state index contributed by atoms with van der Waals surface area (Å²) in [4.78, 5) is 2.35. The van der Waals surface area contributed by atoms with Crippen LogP contribution in [0.25, 0.3) is 0 Å². The van der Waals surface area contributed by atoms with Crippen LogP contribution in [-0.4, -0.2) is 30.9 Å². The van der Waals surface area contributed by atoms with Gasteiger partial charge >= 0.3 is 0 Å². The highest BCUT2D eigenvalue weighted by Crippen LogP contribution is 2.03. The van der Waals surface area contributed by atoms with Crippen molar-refractivity contribution in [2.24, 2.45) is 0 Å². The summed E-state index contributed by atoms with van der Waals surface area (Å²) in [6, 6.07) is 10.7. The van der Waals surface area contributed by atoms with Gasteiger partial charge in [-0.25, -0.2) is 0 Å². The zero-order valence-corrected chi connectivity index (χ0v) is 10.2. The summed E-state index contributed by atoms with van der Waals surface area (Å²) < 4.78 is 0. The number of halogens is 1. The van der Waals surface area contributed by atoms with Crippen molar-refractivity contribution in [3.63, 3.8) is 0 Å². The van der Waals surface area contributed by atoms with Crippen LogP contribution in [0.5, 0.6) is 0 Å². The Hall–Kier alpha value is -0.530. The Morgan fingerprint density at radius 1 is 1.07 bits per heavy atom. The zero-order valence-electron chi connectivity index (χ0n) is 9.45. The molecule has 0 aliphatic carbocycles. The van der Waals surface area contributed by atoms with Crippen LogP contribution in [0.3, 0.4) is 0 Å². The molecule has 1 nitrogen and oxygen atoms in total. The highest BCUT2D eigenvalue weighted by Gasteiger charge is 1.97. The largest absolute Gasteiger partial charge is 0.306 e. The van der Waals surface area contributed by atoms with E-state index in [0.29, 0.717) is 0 Å². The van der Waals surface area contributed by atoms with Gasteiger partial charge in [0.1, 0.15) is 0 Å². The molecule has 0 bridgehead atoms. The summed E-state index contributed by atoms with van der Waals surface area (Å²) in [7, 11) is 2.16. The average Bonchev–Trinajstić information content (AvgIpc) is 2.28. The molecule has 0 aromatic heterocycles. The second kappa shape index (κ2) is 7.72. The maximum Gasteiger partial charge on any atom is 0.0235 e. The van der Waals surface area contributed by atoms with Gasteiger partial charge < -0.3 is 4.90 Å². The lowest BCUT2D eigenvalue weighted by Gasteiger charge is -2.15. The Balaban J connectivity index is 2.11. The van der Waals surface area contributed by atoms with Gasteiger partial charge in [-0.2, -0.15) is 0 Å². The summed E-state index contributed by atoms with van der Waals surface area (Å²) in [5.74, 6) is 0.767. The molecule has 0 spiro atoms. The first-order valence-electron chi connectivity index (χ1n) is 5.61. The Morgan fingerprint density at radius 2 is 1.73 bits per heavy atom. The molecule has 0 saturated carbocycles. The van der Waals surface area contributed by atoms with Gasteiger partial charge in [-0.3, -0.25) is 0 Å². The quantitative estimate of drug-likeness (QED) is 0.645. The van der Waals surface area contributed by atoms with Crippen LogP contribution < -0.4 is 0 Å². The summed E-state index contributed by atoms with van der Waals surface area (Å²) in [5.41, 5.74) is 1.43. The molecule has 15 heavy (non-hydrogen) atoms. The van der Waals surface area contributed by atoms with Crippen LogP contribution in [-0.2, 0) is 6.42 Å². The molecule has 0 aliphatic rings. The Kier molecular flexibility index (Phi) is 6.45. The van der Waals surface area contributed by atoms with E-state index in [4.69, 9.17) is 11.6 Å². The number of hydrogen-bond acceptors (Lipinski definition) is 1. The van der Waals surface area contributed by atoms with Crippen LogP contribution >= 0.6 is 11.6 Å². The molecule has 1 rings (SSSR count). The summed E-state index contributed by atoms with van der Waals surface area (Å²) in [6.07, 6.45) is 3.48. The van der Waals surface area contributed by atoms with E-state index in [9.17, 15) is 0 Å². The summed E-state index contributed by atoms with van der Waals surface area (Å²) >= 11 is 5.65. The van der Waals surface area contributed by atoms with E-state index in [2.05, 4.69) is 42.3 Å². The monoisotopic (exact) mass is 225 g/mol.